The van der Waals surface area contributed by atoms with E-state index in [1.54, 1.807) is 0 Å². The van der Waals surface area contributed by atoms with Crippen LogP contribution in [-0.2, 0) is 29.3 Å². The Bertz CT molecular complexity index is 957. The third kappa shape index (κ3) is 3.36. The molecule has 2 aromatic rings. The van der Waals surface area contributed by atoms with Gasteiger partial charge >= 0.3 is 0 Å². The number of rotatable bonds is 3. The smallest absolute Gasteiger partial charge is 0.255 e. The van der Waals surface area contributed by atoms with Crippen LogP contribution in [0, 0.1) is 11.6 Å². The third-order valence-electron chi connectivity index (χ3n) is 3.87. The molecule has 0 saturated carbocycles. The Morgan fingerprint density at radius 3 is 2.71 bits per heavy atom. The minimum absolute atomic E-state index is 0.265. The second kappa shape index (κ2) is 6.06. The molecular weight excluding hydrogens is 340 g/mol. The molecule has 1 aliphatic heterocycles. The Balaban J connectivity index is 1.87. The molecule has 0 aliphatic carbocycles. The van der Waals surface area contributed by atoms with Gasteiger partial charge in [0, 0.05) is 31.5 Å². The molecular formula is C15H15F2N3O3S. The van der Waals surface area contributed by atoms with Crippen molar-refractivity contribution in [3.8, 4) is 0 Å². The van der Waals surface area contributed by atoms with Crippen LogP contribution in [0.2, 0.25) is 0 Å². The molecule has 2 heterocycles. The highest BCUT2D eigenvalue weighted by Gasteiger charge is 2.23. The number of aromatic nitrogens is 2. The Kier molecular flexibility index (Phi) is 4.22. The summed E-state index contributed by atoms with van der Waals surface area (Å²) in [6.07, 6.45) is 1.38. The lowest BCUT2D eigenvalue weighted by Crippen LogP contribution is -2.35. The number of nitrogens with one attached hydrogen (secondary N) is 1. The molecule has 3 rings (SSSR count). The fourth-order valence-corrected chi connectivity index (χ4v) is 3.23. The zero-order valence-corrected chi connectivity index (χ0v) is 13.7. The number of fused-ring (bicyclic) bond motifs is 1. The molecule has 1 aromatic heterocycles. The lowest BCUT2D eigenvalue weighted by atomic mass is 10.1. The summed E-state index contributed by atoms with van der Waals surface area (Å²) in [4.78, 5) is 20.2. The van der Waals surface area contributed by atoms with Crippen molar-refractivity contribution in [2.24, 2.45) is 0 Å². The summed E-state index contributed by atoms with van der Waals surface area (Å²) in [5.74, 6) is -1.83. The average molecular weight is 355 g/mol. The zero-order chi connectivity index (χ0) is 17.5. The average Bonchev–Trinajstić information content (AvgIpc) is 2.50. The molecule has 0 fully saturated rings. The standard InChI is InChI=1S/C15H15F2N3O3S/c1-24(22,23)15-18-13-8-20(5-4-10(13)14(21)19-15)7-9-2-3-11(16)12(17)6-9/h2-3,6H,4-5,7-8H2,1H3,(H,18,19,21). The summed E-state index contributed by atoms with van der Waals surface area (Å²) in [5.41, 5.74) is 0.996. The van der Waals surface area contributed by atoms with Gasteiger partial charge in [-0.15, -0.1) is 0 Å². The van der Waals surface area contributed by atoms with Crippen LogP contribution in [0.5, 0.6) is 0 Å². The van der Waals surface area contributed by atoms with Gasteiger partial charge in [-0.2, -0.15) is 0 Å². The molecule has 0 atom stereocenters. The molecule has 0 radical (unpaired) electrons. The predicted molar refractivity (Wildman–Crippen MR) is 82.1 cm³/mol. The van der Waals surface area contributed by atoms with Crippen LogP contribution in [0.15, 0.2) is 28.2 Å². The highest BCUT2D eigenvalue weighted by molar-refractivity contribution is 7.90. The fourth-order valence-electron chi connectivity index (χ4n) is 2.68. The van der Waals surface area contributed by atoms with Crippen molar-refractivity contribution >= 4 is 9.84 Å². The molecule has 128 valence electrons. The second-order valence-electron chi connectivity index (χ2n) is 5.78. The molecule has 1 N–H and O–H groups in total. The molecule has 1 aromatic carbocycles. The summed E-state index contributed by atoms with van der Waals surface area (Å²) in [6.45, 7) is 1.15. The minimum Gasteiger partial charge on any atom is -0.297 e. The van der Waals surface area contributed by atoms with Gasteiger partial charge in [0.25, 0.3) is 5.56 Å². The van der Waals surface area contributed by atoms with Gasteiger partial charge in [-0.25, -0.2) is 22.2 Å². The van der Waals surface area contributed by atoms with E-state index in [1.165, 1.54) is 6.07 Å². The monoisotopic (exact) mass is 355 g/mol. The number of halogens is 2. The number of sulfone groups is 1. The first-order valence-electron chi connectivity index (χ1n) is 7.22. The van der Waals surface area contributed by atoms with Crippen LogP contribution in [0.3, 0.4) is 0 Å². The summed E-state index contributed by atoms with van der Waals surface area (Å²) in [5, 5.41) is -0.360. The number of hydrogen-bond acceptors (Lipinski definition) is 5. The highest BCUT2D eigenvalue weighted by Crippen LogP contribution is 2.18. The summed E-state index contributed by atoms with van der Waals surface area (Å²) in [6, 6.07) is 3.67. The van der Waals surface area contributed by atoms with Crippen LogP contribution in [0.25, 0.3) is 0 Å². The molecule has 0 saturated heterocycles. The minimum atomic E-state index is -3.62. The summed E-state index contributed by atoms with van der Waals surface area (Å²) < 4.78 is 49.5. The normalized spacial score (nSPS) is 15.3. The van der Waals surface area contributed by atoms with E-state index in [-0.39, 0.29) is 11.7 Å². The van der Waals surface area contributed by atoms with Crippen molar-refractivity contribution in [2.75, 3.05) is 12.8 Å². The van der Waals surface area contributed by atoms with E-state index < -0.39 is 27.0 Å². The SMILES string of the molecule is CS(=O)(=O)c1nc2c(c(=O)[nH]1)CCN(Cc1ccc(F)c(F)c1)C2. The molecule has 0 unspecified atom stereocenters. The van der Waals surface area contributed by atoms with E-state index in [1.807, 2.05) is 4.90 Å². The van der Waals surface area contributed by atoms with Gasteiger partial charge in [-0.05, 0) is 24.1 Å². The van der Waals surface area contributed by atoms with E-state index in [4.69, 9.17) is 0 Å². The topological polar surface area (TPSA) is 83.1 Å². The van der Waals surface area contributed by atoms with Crippen LogP contribution >= 0.6 is 0 Å². The number of benzene rings is 1. The van der Waals surface area contributed by atoms with Crippen molar-refractivity contribution in [1.82, 2.24) is 14.9 Å². The summed E-state index contributed by atoms with van der Waals surface area (Å²) >= 11 is 0. The number of nitrogens with zero attached hydrogens (tertiary/aromatic N) is 2. The first kappa shape index (κ1) is 16.7. The Hall–Kier alpha value is -2.13. The van der Waals surface area contributed by atoms with Crippen molar-refractivity contribution in [1.29, 1.82) is 0 Å². The first-order valence-corrected chi connectivity index (χ1v) is 9.11. The molecule has 1 aliphatic rings. The highest BCUT2D eigenvalue weighted by atomic mass is 32.2. The van der Waals surface area contributed by atoms with Gasteiger partial charge in [0.2, 0.25) is 15.0 Å². The van der Waals surface area contributed by atoms with E-state index in [0.29, 0.717) is 36.3 Å². The fraction of sp³-hybridized carbons (Fsp3) is 0.333. The molecule has 24 heavy (non-hydrogen) atoms. The van der Waals surface area contributed by atoms with E-state index >= 15 is 0 Å². The van der Waals surface area contributed by atoms with Gasteiger partial charge in [-0.1, -0.05) is 6.07 Å². The molecule has 6 nitrogen and oxygen atoms in total. The van der Waals surface area contributed by atoms with Crippen LogP contribution < -0.4 is 5.56 Å². The maximum absolute atomic E-state index is 13.3. The number of hydrogen-bond donors (Lipinski definition) is 1. The maximum atomic E-state index is 13.3. The van der Waals surface area contributed by atoms with E-state index in [0.717, 1.165) is 18.4 Å². The van der Waals surface area contributed by atoms with Gasteiger partial charge in [0.15, 0.2) is 11.6 Å². The second-order valence-corrected chi connectivity index (χ2v) is 7.71. The Morgan fingerprint density at radius 2 is 2.04 bits per heavy atom. The van der Waals surface area contributed by atoms with Gasteiger partial charge in [0.1, 0.15) is 0 Å². The lowest BCUT2D eigenvalue weighted by molar-refractivity contribution is 0.238. The van der Waals surface area contributed by atoms with Gasteiger partial charge in [-0.3, -0.25) is 14.7 Å². The van der Waals surface area contributed by atoms with Crippen molar-refractivity contribution < 1.29 is 17.2 Å². The van der Waals surface area contributed by atoms with E-state index in [2.05, 4.69) is 9.97 Å². The van der Waals surface area contributed by atoms with E-state index in [9.17, 15) is 22.0 Å². The third-order valence-corrected chi connectivity index (χ3v) is 4.77. The Labute approximate surface area is 137 Å². The van der Waals surface area contributed by atoms with Crippen molar-refractivity contribution in [3.05, 3.63) is 57.0 Å². The largest absolute Gasteiger partial charge is 0.297 e. The van der Waals surface area contributed by atoms with Gasteiger partial charge < -0.3 is 0 Å². The van der Waals surface area contributed by atoms with Crippen LogP contribution in [0.1, 0.15) is 16.8 Å². The zero-order valence-electron chi connectivity index (χ0n) is 12.8. The number of H-pyrrole nitrogens is 1. The first-order chi connectivity index (χ1) is 11.2. The quantitative estimate of drug-likeness (QED) is 0.831. The maximum Gasteiger partial charge on any atom is 0.255 e. The Morgan fingerprint density at radius 1 is 1.29 bits per heavy atom. The predicted octanol–water partition coefficient (Wildman–Crippen LogP) is 1.01. The molecule has 0 bridgehead atoms. The molecule has 9 heteroatoms. The van der Waals surface area contributed by atoms with Gasteiger partial charge in [0.05, 0.1) is 5.69 Å². The van der Waals surface area contributed by atoms with Crippen LogP contribution in [-0.4, -0.2) is 36.1 Å². The van der Waals surface area contributed by atoms with Crippen LogP contribution in [0.4, 0.5) is 8.78 Å². The van der Waals surface area contributed by atoms with Crippen molar-refractivity contribution in [2.45, 2.75) is 24.7 Å². The summed E-state index contributed by atoms with van der Waals surface area (Å²) in [7, 11) is -3.62. The molecule has 0 spiro atoms. The number of aromatic amines is 1. The molecule has 0 amide bonds. The lowest BCUT2D eigenvalue weighted by Gasteiger charge is -2.27. The van der Waals surface area contributed by atoms with Crippen molar-refractivity contribution in [3.63, 3.8) is 0 Å².